The zero-order valence-corrected chi connectivity index (χ0v) is 6.78. The molecule has 0 aromatic carbocycles. The Labute approximate surface area is 75.1 Å². The van der Waals surface area contributed by atoms with Crippen LogP contribution in [0.1, 0.15) is 6.92 Å². The maximum absolute atomic E-state index is 11.8. The number of nitriles is 1. The third-order valence-corrected chi connectivity index (χ3v) is 1.12. The van der Waals surface area contributed by atoms with E-state index in [-0.39, 0.29) is 0 Å². The summed E-state index contributed by atoms with van der Waals surface area (Å²) in [7, 11) is 0. The van der Waals surface area contributed by atoms with E-state index in [2.05, 4.69) is 4.74 Å². The monoisotopic (exact) mass is 221 g/mol. The number of halogens is 6. The second-order valence-electron chi connectivity index (χ2n) is 2.37. The van der Waals surface area contributed by atoms with Crippen molar-refractivity contribution < 1.29 is 31.1 Å². The van der Waals surface area contributed by atoms with Gasteiger partial charge in [0.25, 0.3) is 6.10 Å². The van der Waals surface area contributed by atoms with Gasteiger partial charge in [-0.15, -0.1) is 0 Å². The molecule has 0 N–H and O–H groups in total. The fraction of sp³-hybridized carbons (Fsp3) is 0.833. The van der Waals surface area contributed by atoms with Gasteiger partial charge in [0.05, 0.1) is 6.07 Å². The van der Waals surface area contributed by atoms with Crippen LogP contribution in [0, 0.1) is 11.3 Å². The van der Waals surface area contributed by atoms with Gasteiger partial charge in [0.15, 0.2) is 0 Å². The first kappa shape index (κ1) is 13.0. The molecule has 0 aromatic rings. The maximum Gasteiger partial charge on any atom is 0.423 e. The Balaban J connectivity index is 4.70. The summed E-state index contributed by atoms with van der Waals surface area (Å²) in [6.07, 6.45) is -16.8. The standard InChI is InChI=1S/C6H5F6NO/c1-3(2-13)14-4(5(7,8)9)6(10,11)12/h3-4H,1H3. The second kappa shape index (κ2) is 4.04. The van der Waals surface area contributed by atoms with E-state index >= 15 is 0 Å². The second-order valence-corrected chi connectivity index (χ2v) is 2.37. The van der Waals surface area contributed by atoms with Crippen LogP contribution in [-0.2, 0) is 4.74 Å². The van der Waals surface area contributed by atoms with Crippen LogP contribution in [-0.4, -0.2) is 24.6 Å². The number of hydrogen-bond donors (Lipinski definition) is 0. The van der Waals surface area contributed by atoms with E-state index in [0.717, 1.165) is 13.0 Å². The number of ether oxygens (including phenoxy) is 1. The summed E-state index contributed by atoms with van der Waals surface area (Å²) in [6.45, 7) is 0.796. The Morgan fingerprint density at radius 3 is 1.64 bits per heavy atom. The average molecular weight is 221 g/mol. The lowest BCUT2D eigenvalue weighted by atomic mass is 10.3. The lowest BCUT2D eigenvalue weighted by molar-refractivity contribution is -0.326. The van der Waals surface area contributed by atoms with Crippen molar-refractivity contribution in [3.8, 4) is 6.07 Å². The van der Waals surface area contributed by atoms with Gasteiger partial charge in [-0.1, -0.05) is 0 Å². The summed E-state index contributed by atoms with van der Waals surface area (Å²) in [6, 6.07) is 1.12. The van der Waals surface area contributed by atoms with Crippen LogP contribution in [0.15, 0.2) is 0 Å². The minimum atomic E-state index is -5.57. The summed E-state index contributed by atoms with van der Waals surface area (Å²) in [5.74, 6) is 0. The van der Waals surface area contributed by atoms with E-state index in [1.807, 2.05) is 0 Å². The van der Waals surface area contributed by atoms with Crippen LogP contribution in [0.2, 0.25) is 0 Å². The van der Waals surface area contributed by atoms with Gasteiger partial charge in [-0.25, -0.2) is 0 Å². The Bertz CT molecular complexity index is 212. The van der Waals surface area contributed by atoms with Crippen LogP contribution >= 0.6 is 0 Å². The predicted molar refractivity (Wildman–Crippen MR) is 32.1 cm³/mol. The van der Waals surface area contributed by atoms with Crippen LogP contribution in [0.25, 0.3) is 0 Å². The molecule has 0 amide bonds. The SMILES string of the molecule is CC(C#N)OC(C(F)(F)F)C(F)(F)F. The van der Waals surface area contributed by atoms with E-state index < -0.39 is 24.6 Å². The molecule has 0 aliphatic heterocycles. The fourth-order valence-electron chi connectivity index (χ4n) is 0.574. The van der Waals surface area contributed by atoms with Crippen molar-refractivity contribution in [2.24, 2.45) is 0 Å². The van der Waals surface area contributed by atoms with Crippen molar-refractivity contribution >= 4 is 0 Å². The van der Waals surface area contributed by atoms with Crippen molar-refractivity contribution in [3.05, 3.63) is 0 Å². The van der Waals surface area contributed by atoms with Gasteiger partial charge in [-0.2, -0.15) is 31.6 Å². The smallest absolute Gasteiger partial charge is 0.343 e. The highest BCUT2D eigenvalue weighted by molar-refractivity contribution is 4.85. The van der Waals surface area contributed by atoms with E-state index in [4.69, 9.17) is 5.26 Å². The Morgan fingerprint density at radius 1 is 1.07 bits per heavy atom. The molecule has 0 rings (SSSR count). The van der Waals surface area contributed by atoms with E-state index in [1.165, 1.54) is 0 Å². The van der Waals surface area contributed by atoms with Crippen molar-refractivity contribution in [3.63, 3.8) is 0 Å². The van der Waals surface area contributed by atoms with Crippen LogP contribution in [0.5, 0.6) is 0 Å². The highest BCUT2D eigenvalue weighted by Gasteiger charge is 2.58. The minimum absolute atomic E-state index is 0.796. The molecular formula is C6H5F6NO. The molecule has 1 atom stereocenters. The number of alkyl halides is 6. The zero-order chi connectivity index (χ0) is 11.6. The molecule has 0 spiro atoms. The van der Waals surface area contributed by atoms with Gasteiger partial charge in [-0.3, -0.25) is 0 Å². The average Bonchev–Trinajstić information content (AvgIpc) is 1.95. The third kappa shape index (κ3) is 3.83. The van der Waals surface area contributed by atoms with Crippen molar-refractivity contribution in [2.75, 3.05) is 0 Å². The molecule has 14 heavy (non-hydrogen) atoms. The molecule has 0 saturated heterocycles. The molecule has 0 aliphatic carbocycles. The molecule has 0 aliphatic rings. The van der Waals surface area contributed by atoms with E-state index in [0.29, 0.717) is 0 Å². The number of hydrogen-bond acceptors (Lipinski definition) is 2. The lowest BCUT2D eigenvalue weighted by Gasteiger charge is -2.23. The maximum atomic E-state index is 11.8. The van der Waals surface area contributed by atoms with Gasteiger partial charge in [0.1, 0.15) is 6.10 Å². The van der Waals surface area contributed by atoms with Crippen molar-refractivity contribution in [2.45, 2.75) is 31.5 Å². The molecule has 0 saturated carbocycles. The lowest BCUT2D eigenvalue weighted by Crippen LogP contribution is -2.45. The first-order valence-electron chi connectivity index (χ1n) is 3.27. The van der Waals surface area contributed by atoms with Gasteiger partial charge in [0.2, 0.25) is 0 Å². The molecule has 0 heterocycles. The fourth-order valence-corrected chi connectivity index (χ4v) is 0.574. The molecule has 0 bridgehead atoms. The molecule has 0 aromatic heterocycles. The highest BCUT2D eigenvalue weighted by Crippen LogP contribution is 2.36. The third-order valence-electron chi connectivity index (χ3n) is 1.12. The molecule has 0 radical (unpaired) electrons. The van der Waals surface area contributed by atoms with Crippen molar-refractivity contribution in [1.82, 2.24) is 0 Å². The minimum Gasteiger partial charge on any atom is -0.343 e. The van der Waals surface area contributed by atoms with Gasteiger partial charge in [-0.05, 0) is 6.92 Å². The summed E-state index contributed by atoms with van der Waals surface area (Å²) in [5, 5.41) is 8.01. The van der Waals surface area contributed by atoms with E-state index in [9.17, 15) is 26.3 Å². The zero-order valence-electron chi connectivity index (χ0n) is 6.78. The normalized spacial score (nSPS) is 15.4. The van der Waals surface area contributed by atoms with Gasteiger partial charge in [0, 0.05) is 0 Å². The summed E-state index contributed by atoms with van der Waals surface area (Å²) in [4.78, 5) is 0. The molecule has 1 unspecified atom stereocenters. The Hall–Kier alpha value is -0.970. The first-order valence-corrected chi connectivity index (χ1v) is 3.27. The molecule has 8 heteroatoms. The number of nitrogens with zero attached hydrogens (tertiary/aromatic N) is 1. The topological polar surface area (TPSA) is 33.0 Å². The number of rotatable bonds is 2. The molecule has 2 nitrogen and oxygen atoms in total. The largest absolute Gasteiger partial charge is 0.423 e. The summed E-state index contributed by atoms with van der Waals surface area (Å²) >= 11 is 0. The summed E-state index contributed by atoms with van der Waals surface area (Å²) < 4.78 is 74.1. The molecule has 0 fully saturated rings. The van der Waals surface area contributed by atoms with Gasteiger partial charge < -0.3 is 4.74 Å². The molecule has 82 valence electrons. The van der Waals surface area contributed by atoms with Crippen LogP contribution in [0.4, 0.5) is 26.3 Å². The van der Waals surface area contributed by atoms with Crippen LogP contribution in [0.3, 0.4) is 0 Å². The van der Waals surface area contributed by atoms with Crippen molar-refractivity contribution in [1.29, 1.82) is 5.26 Å². The Morgan fingerprint density at radius 2 is 1.43 bits per heavy atom. The van der Waals surface area contributed by atoms with Gasteiger partial charge >= 0.3 is 12.4 Å². The Kier molecular flexibility index (Phi) is 3.76. The highest BCUT2D eigenvalue weighted by atomic mass is 19.4. The quantitative estimate of drug-likeness (QED) is 0.671. The molecular weight excluding hydrogens is 216 g/mol. The predicted octanol–water partition coefficient (Wildman–Crippen LogP) is 2.41. The van der Waals surface area contributed by atoms with E-state index in [1.54, 1.807) is 0 Å². The summed E-state index contributed by atoms with van der Waals surface area (Å²) in [5.41, 5.74) is 0. The van der Waals surface area contributed by atoms with Crippen LogP contribution < -0.4 is 0 Å². The first-order chi connectivity index (χ1) is 6.09.